The van der Waals surface area contributed by atoms with Crippen molar-refractivity contribution in [3.8, 4) is 12.3 Å². The summed E-state index contributed by atoms with van der Waals surface area (Å²) in [6, 6.07) is 0. The fourth-order valence-corrected chi connectivity index (χ4v) is 5.26. The molecule has 0 radical (unpaired) electrons. The van der Waals surface area contributed by atoms with E-state index < -0.39 is 127 Å². The molecule has 50 heavy (non-hydrogen) atoms. The summed E-state index contributed by atoms with van der Waals surface area (Å²) in [6.07, 6.45) is -17.3. The first-order chi connectivity index (χ1) is 23.1. The fourth-order valence-electron chi connectivity index (χ4n) is 5.26. The number of rotatable bonds is 10. The lowest BCUT2D eigenvalue weighted by Gasteiger charge is -2.49. The highest BCUT2D eigenvalue weighted by molar-refractivity contribution is 5.76. The molecular formula is C33H52O17. The van der Waals surface area contributed by atoms with E-state index in [9.17, 15) is 39.9 Å². The molecule has 5 N–H and O–H groups in total. The molecule has 17 heteroatoms. The van der Waals surface area contributed by atoms with Gasteiger partial charge in [0.05, 0.1) is 23.0 Å². The maximum absolute atomic E-state index is 13.5. The third kappa shape index (κ3) is 10.1. The summed E-state index contributed by atoms with van der Waals surface area (Å²) in [4.78, 5) is 38.4. The van der Waals surface area contributed by atoms with Crippen LogP contribution in [0.4, 0.5) is 0 Å². The minimum absolute atomic E-state index is 0.368. The molecule has 3 aliphatic rings. The molecule has 0 saturated carbocycles. The second kappa shape index (κ2) is 16.9. The molecule has 3 heterocycles. The second-order valence-electron chi connectivity index (χ2n) is 14.7. The van der Waals surface area contributed by atoms with Crippen LogP contribution in [0, 0.1) is 23.2 Å². The molecule has 0 aliphatic carbocycles. The van der Waals surface area contributed by atoms with Crippen molar-refractivity contribution < 1.29 is 82.5 Å². The number of aliphatic hydroxyl groups excluding tert-OH is 5. The highest BCUT2D eigenvalue weighted by Gasteiger charge is 2.57. The van der Waals surface area contributed by atoms with E-state index in [-0.39, 0.29) is 6.61 Å². The van der Waals surface area contributed by atoms with Crippen molar-refractivity contribution in [2.45, 2.75) is 154 Å². The summed E-state index contributed by atoms with van der Waals surface area (Å²) < 4.78 is 52.7. The number of esters is 3. The number of terminal acetylenes is 1. The third-order valence-electron chi connectivity index (χ3n) is 8.25. The Balaban J connectivity index is 2.16. The second-order valence-corrected chi connectivity index (χ2v) is 14.7. The van der Waals surface area contributed by atoms with E-state index in [1.54, 1.807) is 41.5 Å². The Labute approximate surface area is 291 Å². The smallest absolute Gasteiger partial charge is 0.311 e. The summed E-state index contributed by atoms with van der Waals surface area (Å²) in [5, 5.41) is 53.0. The maximum atomic E-state index is 13.5. The normalized spacial score (nSPS) is 39.6. The summed E-state index contributed by atoms with van der Waals surface area (Å²) >= 11 is 0. The monoisotopic (exact) mass is 720 g/mol. The Morgan fingerprint density at radius 2 is 1.20 bits per heavy atom. The molecule has 286 valence electrons. The van der Waals surface area contributed by atoms with Gasteiger partial charge in [-0.3, -0.25) is 14.4 Å². The van der Waals surface area contributed by atoms with Gasteiger partial charge < -0.3 is 68.2 Å². The quantitative estimate of drug-likeness (QED) is 0.102. The largest absolute Gasteiger partial charge is 0.462 e. The molecule has 0 amide bonds. The van der Waals surface area contributed by atoms with Crippen LogP contribution < -0.4 is 0 Å². The van der Waals surface area contributed by atoms with Gasteiger partial charge in [-0.1, -0.05) is 5.92 Å². The predicted octanol–water partition coefficient (Wildman–Crippen LogP) is -1.10. The minimum atomic E-state index is -1.82. The fraction of sp³-hybridized carbons (Fsp3) is 0.848. The summed E-state index contributed by atoms with van der Waals surface area (Å²) in [6.45, 7) is 12.6. The Morgan fingerprint density at radius 1 is 0.660 bits per heavy atom. The summed E-state index contributed by atoms with van der Waals surface area (Å²) in [5.74, 6) is 0.0317. The van der Waals surface area contributed by atoms with Crippen LogP contribution in [0.5, 0.6) is 0 Å². The van der Waals surface area contributed by atoms with Crippen molar-refractivity contribution >= 4 is 17.9 Å². The summed E-state index contributed by atoms with van der Waals surface area (Å²) in [5.41, 5.74) is -2.07. The zero-order valence-corrected chi connectivity index (χ0v) is 29.8. The molecule has 3 fully saturated rings. The standard InChI is InChI=1S/C33H52O17/c1-11-12-42-28-26(49-29-24(46-16(4)34)21(38)19(36)15(3)45-29)25(50-31(41)33(8,9)10)23(17(47-28)13-43-30(40)32(5,6)7)48-27-22(39)20(37)18(35)14(2)44-27/h1,14-15,17-29,35-39H,12-13H2,2-10H3/t14?,15?,17?,18-,19-,20?,21?,22-,23+,24-,25?,26-,27-,28+,29-/m0/s1. The van der Waals surface area contributed by atoms with Gasteiger partial charge in [-0.2, -0.15) is 0 Å². The average Bonchev–Trinajstić information content (AvgIpc) is 3.02. The number of aliphatic hydroxyl groups is 5. The number of carbonyl (C=O) groups excluding carboxylic acids is 3. The van der Waals surface area contributed by atoms with E-state index in [2.05, 4.69) is 5.92 Å². The van der Waals surface area contributed by atoms with Crippen LogP contribution in [-0.4, -0.2) is 149 Å². The van der Waals surface area contributed by atoms with Gasteiger partial charge in [-0.15, -0.1) is 6.42 Å². The zero-order chi connectivity index (χ0) is 37.9. The number of ether oxygens (including phenoxy) is 9. The van der Waals surface area contributed by atoms with E-state index >= 15 is 0 Å². The molecule has 0 aromatic carbocycles. The molecule has 0 aromatic rings. The van der Waals surface area contributed by atoms with Crippen LogP contribution in [-0.2, 0) is 57.0 Å². The van der Waals surface area contributed by atoms with Crippen molar-refractivity contribution in [3.05, 3.63) is 0 Å². The van der Waals surface area contributed by atoms with Crippen molar-refractivity contribution in [2.24, 2.45) is 10.8 Å². The molecule has 0 aromatic heterocycles. The van der Waals surface area contributed by atoms with Crippen molar-refractivity contribution in [1.29, 1.82) is 0 Å². The lowest BCUT2D eigenvalue weighted by molar-refractivity contribution is -0.384. The molecule has 17 nitrogen and oxygen atoms in total. The topological polar surface area (TPSA) is 235 Å². The van der Waals surface area contributed by atoms with Gasteiger partial charge in [-0.25, -0.2) is 0 Å². The van der Waals surface area contributed by atoms with Gasteiger partial charge in [0.2, 0.25) is 0 Å². The van der Waals surface area contributed by atoms with Crippen LogP contribution in [0.15, 0.2) is 0 Å². The number of hydrogen-bond acceptors (Lipinski definition) is 17. The van der Waals surface area contributed by atoms with Crippen LogP contribution in [0.1, 0.15) is 62.3 Å². The van der Waals surface area contributed by atoms with E-state index in [1.165, 1.54) is 13.8 Å². The highest BCUT2D eigenvalue weighted by atomic mass is 16.8. The average molecular weight is 721 g/mol. The molecule has 0 spiro atoms. The maximum Gasteiger partial charge on any atom is 0.311 e. The van der Waals surface area contributed by atoms with Gasteiger partial charge >= 0.3 is 17.9 Å². The summed E-state index contributed by atoms with van der Waals surface area (Å²) in [7, 11) is 0. The van der Waals surface area contributed by atoms with Gasteiger partial charge in [-0.05, 0) is 55.4 Å². The molecule has 3 aliphatic heterocycles. The Morgan fingerprint density at radius 3 is 1.74 bits per heavy atom. The highest BCUT2D eigenvalue weighted by Crippen LogP contribution is 2.36. The van der Waals surface area contributed by atoms with Gasteiger partial charge in [0, 0.05) is 6.92 Å². The molecule has 3 saturated heterocycles. The van der Waals surface area contributed by atoms with Crippen molar-refractivity contribution in [3.63, 3.8) is 0 Å². The van der Waals surface area contributed by atoms with Crippen molar-refractivity contribution in [1.82, 2.24) is 0 Å². The molecule has 3 rings (SSSR count). The first-order valence-corrected chi connectivity index (χ1v) is 16.4. The lowest BCUT2D eigenvalue weighted by atomic mass is 9.94. The van der Waals surface area contributed by atoms with Gasteiger partial charge in [0.25, 0.3) is 0 Å². The Bertz CT molecular complexity index is 1210. The van der Waals surface area contributed by atoms with Crippen LogP contribution in [0.3, 0.4) is 0 Å². The van der Waals surface area contributed by atoms with Gasteiger partial charge in [0.1, 0.15) is 55.9 Å². The van der Waals surface area contributed by atoms with Crippen molar-refractivity contribution in [2.75, 3.05) is 13.2 Å². The lowest BCUT2D eigenvalue weighted by Crippen LogP contribution is -2.67. The van der Waals surface area contributed by atoms with Gasteiger partial charge in [0.15, 0.2) is 37.2 Å². The number of hydrogen-bond donors (Lipinski definition) is 5. The predicted molar refractivity (Wildman–Crippen MR) is 167 cm³/mol. The Kier molecular flexibility index (Phi) is 14.2. The van der Waals surface area contributed by atoms with E-state index in [0.29, 0.717) is 0 Å². The SMILES string of the molecule is C#CCO[C@@H]1OC(COC(=O)C(C)(C)C)[C@@H](O[C@@H]2OC(C)[C@H](O)C(O)[C@@H]2O)C(OC(=O)C(C)(C)C)[C@@H]1O[C@@H]1OC(C)[C@H](O)C(O)[C@@H]1OC(C)=O. The Hall–Kier alpha value is -2.47. The first kappa shape index (κ1) is 41.9. The molecular weight excluding hydrogens is 668 g/mol. The van der Waals surface area contributed by atoms with Crippen LogP contribution in [0.25, 0.3) is 0 Å². The molecule has 0 bridgehead atoms. The molecule has 15 atom stereocenters. The van der Waals surface area contributed by atoms with Crippen LogP contribution >= 0.6 is 0 Å². The van der Waals surface area contributed by atoms with E-state index in [0.717, 1.165) is 6.92 Å². The molecule has 6 unspecified atom stereocenters. The van der Waals surface area contributed by atoms with E-state index in [4.69, 9.17) is 49.1 Å². The minimum Gasteiger partial charge on any atom is -0.462 e. The first-order valence-electron chi connectivity index (χ1n) is 16.4. The van der Waals surface area contributed by atoms with E-state index in [1.807, 2.05) is 0 Å². The number of carbonyl (C=O) groups is 3. The zero-order valence-electron chi connectivity index (χ0n) is 29.8. The third-order valence-corrected chi connectivity index (χ3v) is 8.25. The van der Waals surface area contributed by atoms with Crippen LogP contribution in [0.2, 0.25) is 0 Å².